The standard InChI is InChI=1S/C9H18N2O3S/c1-6(2)11-8(12)3-4-15-5-7(10)9(13)14/h6-7H,3-5,10H2,1-2H3,(H,11,12)(H,13,14). The lowest BCUT2D eigenvalue weighted by Crippen LogP contribution is -2.33. The summed E-state index contributed by atoms with van der Waals surface area (Å²) in [7, 11) is 0. The van der Waals surface area contributed by atoms with Crippen molar-refractivity contribution >= 4 is 23.6 Å². The molecule has 0 saturated heterocycles. The predicted molar refractivity (Wildman–Crippen MR) is 60.8 cm³/mol. The second kappa shape index (κ2) is 7.53. The van der Waals surface area contributed by atoms with E-state index in [1.165, 1.54) is 11.8 Å². The molecule has 5 nitrogen and oxygen atoms in total. The van der Waals surface area contributed by atoms with Gasteiger partial charge in [-0.3, -0.25) is 9.59 Å². The third-order valence-electron chi connectivity index (χ3n) is 1.54. The Kier molecular flexibility index (Phi) is 7.15. The highest BCUT2D eigenvalue weighted by molar-refractivity contribution is 7.99. The normalized spacial score (nSPS) is 12.5. The molecule has 0 bridgehead atoms. The van der Waals surface area contributed by atoms with Gasteiger partial charge in [-0.1, -0.05) is 0 Å². The highest BCUT2D eigenvalue weighted by atomic mass is 32.2. The van der Waals surface area contributed by atoms with E-state index < -0.39 is 12.0 Å². The molecular weight excluding hydrogens is 216 g/mol. The molecule has 6 heteroatoms. The molecule has 0 fully saturated rings. The van der Waals surface area contributed by atoms with E-state index in [0.717, 1.165) is 0 Å². The number of nitrogens with one attached hydrogen (secondary N) is 1. The maximum absolute atomic E-state index is 11.2. The van der Waals surface area contributed by atoms with Crippen LogP contribution in [0.1, 0.15) is 20.3 Å². The van der Waals surface area contributed by atoms with Gasteiger partial charge in [0.1, 0.15) is 6.04 Å². The van der Waals surface area contributed by atoms with Gasteiger partial charge < -0.3 is 16.2 Å². The Balaban J connectivity index is 3.46. The van der Waals surface area contributed by atoms with Gasteiger partial charge in [-0.05, 0) is 13.8 Å². The zero-order chi connectivity index (χ0) is 11.8. The van der Waals surface area contributed by atoms with E-state index in [2.05, 4.69) is 5.32 Å². The summed E-state index contributed by atoms with van der Waals surface area (Å²) in [6.07, 6.45) is 0.398. The van der Waals surface area contributed by atoms with Gasteiger partial charge in [0, 0.05) is 24.0 Å². The van der Waals surface area contributed by atoms with E-state index in [9.17, 15) is 9.59 Å². The molecule has 1 amide bonds. The first-order chi connectivity index (χ1) is 6.93. The van der Waals surface area contributed by atoms with Crippen molar-refractivity contribution in [2.45, 2.75) is 32.4 Å². The summed E-state index contributed by atoms with van der Waals surface area (Å²) in [5.74, 6) is -0.0837. The summed E-state index contributed by atoms with van der Waals surface area (Å²) in [6.45, 7) is 3.79. The fraction of sp³-hybridized carbons (Fsp3) is 0.778. The van der Waals surface area contributed by atoms with Crippen LogP contribution in [0.4, 0.5) is 0 Å². The molecule has 0 rings (SSSR count). The van der Waals surface area contributed by atoms with E-state index >= 15 is 0 Å². The Morgan fingerprint density at radius 2 is 2.07 bits per heavy atom. The van der Waals surface area contributed by atoms with Crippen molar-refractivity contribution in [3.8, 4) is 0 Å². The van der Waals surface area contributed by atoms with Crippen LogP contribution in [-0.2, 0) is 9.59 Å². The van der Waals surface area contributed by atoms with E-state index in [-0.39, 0.29) is 11.9 Å². The topological polar surface area (TPSA) is 92.4 Å². The number of hydrogen-bond donors (Lipinski definition) is 3. The van der Waals surface area contributed by atoms with Crippen LogP contribution < -0.4 is 11.1 Å². The van der Waals surface area contributed by atoms with Crippen LogP contribution in [0.15, 0.2) is 0 Å². The van der Waals surface area contributed by atoms with Gasteiger partial charge in [0.15, 0.2) is 0 Å². The monoisotopic (exact) mass is 234 g/mol. The second-order valence-corrected chi connectivity index (χ2v) is 4.64. The number of carboxylic acid groups (broad SMARTS) is 1. The highest BCUT2D eigenvalue weighted by Crippen LogP contribution is 2.04. The first-order valence-corrected chi connectivity index (χ1v) is 5.94. The van der Waals surface area contributed by atoms with Gasteiger partial charge in [-0.15, -0.1) is 0 Å². The van der Waals surface area contributed by atoms with Crippen molar-refractivity contribution in [1.82, 2.24) is 5.32 Å². The first-order valence-electron chi connectivity index (χ1n) is 4.79. The number of nitrogens with two attached hydrogens (primary N) is 1. The molecule has 0 aliphatic rings. The summed E-state index contributed by atoms with van der Waals surface area (Å²) in [5.41, 5.74) is 5.29. The quantitative estimate of drug-likeness (QED) is 0.541. The van der Waals surface area contributed by atoms with Gasteiger partial charge in [-0.25, -0.2) is 0 Å². The summed E-state index contributed by atoms with van der Waals surface area (Å²) < 4.78 is 0. The van der Waals surface area contributed by atoms with Gasteiger partial charge in [-0.2, -0.15) is 11.8 Å². The average Bonchev–Trinajstić information content (AvgIpc) is 2.10. The Hall–Kier alpha value is -0.750. The molecule has 0 saturated carbocycles. The molecule has 0 heterocycles. The second-order valence-electron chi connectivity index (χ2n) is 3.49. The van der Waals surface area contributed by atoms with Crippen LogP contribution in [0.25, 0.3) is 0 Å². The smallest absolute Gasteiger partial charge is 0.321 e. The minimum atomic E-state index is -1.01. The van der Waals surface area contributed by atoms with Crippen molar-refractivity contribution in [3.63, 3.8) is 0 Å². The predicted octanol–water partition coefficient (Wildman–Crippen LogP) is 0.0462. The largest absolute Gasteiger partial charge is 0.480 e. The van der Waals surface area contributed by atoms with Crippen LogP contribution in [0, 0.1) is 0 Å². The molecule has 0 aromatic heterocycles. The van der Waals surface area contributed by atoms with E-state index in [1.54, 1.807) is 0 Å². The summed E-state index contributed by atoms with van der Waals surface area (Å²) in [5, 5.41) is 11.2. The number of rotatable bonds is 7. The highest BCUT2D eigenvalue weighted by Gasteiger charge is 2.11. The minimum absolute atomic E-state index is 0.0126. The van der Waals surface area contributed by atoms with Crippen molar-refractivity contribution in [1.29, 1.82) is 0 Å². The van der Waals surface area contributed by atoms with Gasteiger partial charge in [0.05, 0.1) is 0 Å². The minimum Gasteiger partial charge on any atom is -0.480 e. The number of hydrogen-bond acceptors (Lipinski definition) is 4. The average molecular weight is 234 g/mol. The molecule has 0 aliphatic carbocycles. The van der Waals surface area contributed by atoms with Crippen molar-refractivity contribution in [2.75, 3.05) is 11.5 Å². The molecule has 0 aromatic carbocycles. The molecule has 0 spiro atoms. The van der Waals surface area contributed by atoms with Crippen LogP contribution in [-0.4, -0.2) is 40.6 Å². The lowest BCUT2D eigenvalue weighted by Gasteiger charge is -2.08. The van der Waals surface area contributed by atoms with Crippen molar-refractivity contribution in [2.24, 2.45) is 5.73 Å². The zero-order valence-electron chi connectivity index (χ0n) is 9.03. The number of amides is 1. The number of carboxylic acids is 1. The molecule has 15 heavy (non-hydrogen) atoms. The van der Waals surface area contributed by atoms with Gasteiger partial charge in [0.2, 0.25) is 5.91 Å². The molecule has 1 unspecified atom stereocenters. The van der Waals surface area contributed by atoms with E-state index in [4.69, 9.17) is 10.8 Å². The Labute approximate surface area is 93.8 Å². The summed E-state index contributed by atoms with van der Waals surface area (Å²) in [4.78, 5) is 21.5. The lowest BCUT2D eigenvalue weighted by atomic mass is 10.3. The molecule has 88 valence electrons. The van der Waals surface area contributed by atoms with Crippen LogP contribution in [0.2, 0.25) is 0 Å². The van der Waals surface area contributed by atoms with Gasteiger partial charge >= 0.3 is 5.97 Å². The third kappa shape index (κ3) is 8.26. The van der Waals surface area contributed by atoms with Crippen LogP contribution in [0.3, 0.4) is 0 Å². The SMILES string of the molecule is CC(C)NC(=O)CCSCC(N)C(=O)O. The Bertz CT molecular complexity index is 221. The molecule has 0 aromatic rings. The van der Waals surface area contributed by atoms with Crippen molar-refractivity contribution in [3.05, 3.63) is 0 Å². The third-order valence-corrected chi connectivity index (χ3v) is 2.63. The van der Waals surface area contributed by atoms with E-state index in [0.29, 0.717) is 17.9 Å². The summed E-state index contributed by atoms with van der Waals surface area (Å²) >= 11 is 1.38. The molecule has 0 radical (unpaired) electrons. The van der Waals surface area contributed by atoms with Crippen LogP contribution in [0.5, 0.6) is 0 Å². The number of aliphatic carboxylic acids is 1. The van der Waals surface area contributed by atoms with Gasteiger partial charge in [0.25, 0.3) is 0 Å². The molecule has 0 aliphatic heterocycles. The molecule has 4 N–H and O–H groups in total. The maximum Gasteiger partial charge on any atom is 0.321 e. The molecule has 1 atom stereocenters. The first kappa shape index (κ1) is 14.2. The van der Waals surface area contributed by atoms with Crippen LogP contribution >= 0.6 is 11.8 Å². The van der Waals surface area contributed by atoms with E-state index in [1.807, 2.05) is 13.8 Å². The maximum atomic E-state index is 11.2. The number of carbonyl (C=O) groups is 2. The zero-order valence-corrected chi connectivity index (χ0v) is 9.84. The van der Waals surface area contributed by atoms with Crippen molar-refractivity contribution < 1.29 is 14.7 Å². The number of carbonyl (C=O) groups excluding carboxylic acids is 1. The Morgan fingerprint density at radius 1 is 1.47 bits per heavy atom. The Morgan fingerprint density at radius 3 is 2.53 bits per heavy atom. The fourth-order valence-corrected chi connectivity index (χ4v) is 1.73. The summed E-state index contributed by atoms with van der Waals surface area (Å²) in [6, 6.07) is -0.702. The lowest BCUT2D eigenvalue weighted by molar-refractivity contribution is -0.137. The molecular formula is C9H18N2O3S. The number of thioether (sulfide) groups is 1. The fourth-order valence-electron chi connectivity index (χ4n) is 0.841.